The van der Waals surface area contributed by atoms with Crippen molar-refractivity contribution < 1.29 is 18.3 Å². The highest BCUT2D eigenvalue weighted by molar-refractivity contribution is 7.92. The lowest BCUT2D eigenvalue weighted by Gasteiger charge is -2.12. The van der Waals surface area contributed by atoms with Gasteiger partial charge in [-0.1, -0.05) is 13.8 Å². The lowest BCUT2D eigenvalue weighted by molar-refractivity contribution is 0.0698. The number of hydrogen-bond acceptors (Lipinski definition) is 4. The smallest absolute Gasteiger partial charge is 0.337 e. The molecule has 0 amide bonds. The summed E-state index contributed by atoms with van der Waals surface area (Å²) in [6.07, 6.45) is 0.507. The highest BCUT2D eigenvalue weighted by Crippen LogP contribution is 2.20. The first-order valence-corrected chi connectivity index (χ1v) is 7.50. The molecule has 7 heteroatoms. The zero-order valence-corrected chi connectivity index (χ0v) is 11.7. The fraction of sp³-hybridized carbons (Fsp3) is 0.417. The molecule has 106 valence electrons. The van der Waals surface area contributed by atoms with E-state index in [1.807, 2.05) is 13.8 Å². The number of rotatable bonds is 6. The van der Waals surface area contributed by atoms with Crippen molar-refractivity contribution in [2.45, 2.75) is 20.3 Å². The Morgan fingerprint density at radius 3 is 2.58 bits per heavy atom. The van der Waals surface area contributed by atoms with Crippen LogP contribution in [0.15, 0.2) is 18.2 Å². The van der Waals surface area contributed by atoms with Crippen molar-refractivity contribution in [3.63, 3.8) is 0 Å². The molecular formula is C12H18N2O4S. The standard InChI is InChI=1S/C12H18N2O4S/c1-8(2)5-6-19(17,18)14-11-4-3-9(13)7-10(11)12(15)16/h3-4,7-8,14H,5-6,13H2,1-2H3,(H,15,16). The van der Waals surface area contributed by atoms with E-state index < -0.39 is 16.0 Å². The number of nitrogens with one attached hydrogen (secondary N) is 1. The molecule has 1 aromatic rings. The third-order valence-electron chi connectivity index (χ3n) is 2.50. The minimum absolute atomic E-state index is 0.0328. The molecule has 0 bridgehead atoms. The Balaban J connectivity index is 2.96. The molecule has 0 atom stereocenters. The number of aromatic carboxylic acids is 1. The van der Waals surface area contributed by atoms with Crippen LogP contribution in [-0.2, 0) is 10.0 Å². The van der Waals surface area contributed by atoms with E-state index in [1.165, 1.54) is 18.2 Å². The highest BCUT2D eigenvalue weighted by Gasteiger charge is 2.17. The summed E-state index contributed by atoms with van der Waals surface area (Å²) in [5.74, 6) is -1.02. The van der Waals surface area contributed by atoms with E-state index in [-0.39, 0.29) is 28.6 Å². The van der Waals surface area contributed by atoms with E-state index in [9.17, 15) is 13.2 Å². The molecule has 0 saturated carbocycles. The summed E-state index contributed by atoms with van der Waals surface area (Å²) in [6, 6.07) is 4.03. The second-order valence-corrected chi connectivity index (χ2v) is 6.56. The largest absolute Gasteiger partial charge is 0.478 e. The van der Waals surface area contributed by atoms with Crippen LogP contribution in [0, 0.1) is 5.92 Å². The van der Waals surface area contributed by atoms with Crippen molar-refractivity contribution in [2.24, 2.45) is 5.92 Å². The van der Waals surface area contributed by atoms with Gasteiger partial charge in [0.2, 0.25) is 10.0 Å². The predicted octanol–water partition coefficient (Wildman–Crippen LogP) is 1.75. The van der Waals surface area contributed by atoms with Crippen LogP contribution >= 0.6 is 0 Å². The van der Waals surface area contributed by atoms with Gasteiger partial charge in [0.15, 0.2) is 0 Å². The molecular weight excluding hydrogens is 268 g/mol. The Bertz CT molecular complexity index is 567. The second kappa shape index (κ2) is 5.92. The van der Waals surface area contributed by atoms with Gasteiger partial charge in [0.25, 0.3) is 0 Å². The van der Waals surface area contributed by atoms with Gasteiger partial charge >= 0.3 is 5.97 Å². The molecule has 0 unspecified atom stereocenters. The number of carbonyl (C=O) groups is 1. The Morgan fingerprint density at radius 2 is 2.05 bits per heavy atom. The molecule has 1 rings (SSSR count). The van der Waals surface area contributed by atoms with E-state index in [0.29, 0.717) is 6.42 Å². The van der Waals surface area contributed by atoms with Gasteiger partial charge < -0.3 is 10.8 Å². The third kappa shape index (κ3) is 4.78. The van der Waals surface area contributed by atoms with Crippen LogP contribution in [0.25, 0.3) is 0 Å². The van der Waals surface area contributed by atoms with Crippen LogP contribution in [0.5, 0.6) is 0 Å². The quantitative estimate of drug-likeness (QED) is 0.690. The third-order valence-corrected chi connectivity index (χ3v) is 3.81. The van der Waals surface area contributed by atoms with Gasteiger partial charge in [0.1, 0.15) is 0 Å². The average Bonchev–Trinajstić information content (AvgIpc) is 2.28. The van der Waals surface area contributed by atoms with E-state index in [1.54, 1.807) is 0 Å². The lowest BCUT2D eigenvalue weighted by Crippen LogP contribution is -2.19. The Hall–Kier alpha value is -1.76. The van der Waals surface area contributed by atoms with Gasteiger partial charge in [-0.3, -0.25) is 4.72 Å². The fourth-order valence-electron chi connectivity index (χ4n) is 1.44. The molecule has 6 nitrogen and oxygen atoms in total. The van der Waals surface area contributed by atoms with Crippen LogP contribution in [0.1, 0.15) is 30.6 Å². The number of carboxylic acids is 1. The number of anilines is 2. The first kappa shape index (κ1) is 15.3. The zero-order valence-electron chi connectivity index (χ0n) is 10.9. The van der Waals surface area contributed by atoms with Crippen molar-refractivity contribution in [1.29, 1.82) is 0 Å². The van der Waals surface area contributed by atoms with Crippen LogP contribution in [0.4, 0.5) is 11.4 Å². The van der Waals surface area contributed by atoms with Crippen LogP contribution in [0.2, 0.25) is 0 Å². The number of sulfonamides is 1. The van der Waals surface area contributed by atoms with Crippen LogP contribution < -0.4 is 10.5 Å². The van der Waals surface area contributed by atoms with Gasteiger partial charge in [-0.2, -0.15) is 0 Å². The van der Waals surface area contributed by atoms with Crippen molar-refractivity contribution >= 4 is 27.4 Å². The molecule has 0 saturated heterocycles. The van der Waals surface area contributed by atoms with Gasteiger partial charge in [-0.05, 0) is 30.5 Å². The number of hydrogen-bond donors (Lipinski definition) is 3. The molecule has 1 aromatic carbocycles. The SMILES string of the molecule is CC(C)CCS(=O)(=O)Nc1ccc(N)cc1C(=O)O. The van der Waals surface area contributed by atoms with Gasteiger partial charge in [0.05, 0.1) is 17.0 Å². The normalized spacial score (nSPS) is 11.5. The molecule has 4 N–H and O–H groups in total. The maximum Gasteiger partial charge on any atom is 0.337 e. The molecule has 19 heavy (non-hydrogen) atoms. The fourth-order valence-corrected chi connectivity index (χ4v) is 2.83. The van der Waals surface area contributed by atoms with Crippen molar-refractivity contribution in [3.8, 4) is 0 Å². The average molecular weight is 286 g/mol. The first-order chi connectivity index (χ1) is 8.71. The summed E-state index contributed by atoms with van der Waals surface area (Å²) < 4.78 is 25.9. The van der Waals surface area contributed by atoms with E-state index in [2.05, 4.69) is 4.72 Å². The number of benzene rings is 1. The van der Waals surface area contributed by atoms with E-state index in [0.717, 1.165) is 0 Å². The van der Waals surface area contributed by atoms with Crippen LogP contribution in [-0.4, -0.2) is 25.2 Å². The summed E-state index contributed by atoms with van der Waals surface area (Å²) in [7, 11) is -3.55. The van der Waals surface area contributed by atoms with Gasteiger partial charge in [-0.15, -0.1) is 0 Å². The molecule has 0 spiro atoms. The zero-order chi connectivity index (χ0) is 14.6. The summed E-state index contributed by atoms with van der Waals surface area (Å²) in [5.41, 5.74) is 5.63. The Labute approximate surface area is 112 Å². The summed E-state index contributed by atoms with van der Waals surface area (Å²) in [5, 5.41) is 9.01. The minimum Gasteiger partial charge on any atom is -0.478 e. The van der Waals surface area contributed by atoms with Gasteiger partial charge in [0, 0.05) is 5.69 Å². The minimum atomic E-state index is -3.55. The predicted molar refractivity (Wildman–Crippen MR) is 74.7 cm³/mol. The van der Waals surface area contributed by atoms with Gasteiger partial charge in [-0.25, -0.2) is 13.2 Å². The van der Waals surface area contributed by atoms with E-state index in [4.69, 9.17) is 10.8 Å². The monoisotopic (exact) mass is 286 g/mol. The topological polar surface area (TPSA) is 109 Å². The Kier molecular flexibility index (Phi) is 4.77. The second-order valence-electron chi connectivity index (χ2n) is 4.71. The Morgan fingerprint density at radius 1 is 1.42 bits per heavy atom. The molecule has 0 radical (unpaired) electrons. The van der Waals surface area contributed by atoms with E-state index >= 15 is 0 Å². The molecule has 0 fully saturated rings. The van der Waals surface area contributed by atoms with Crippen molar-refractivity contribution in [3.05, 3.63) is 23.8 Å². The maximum atomic E-state index is 11.8. The summed E-state index contributed by atoms with van der Waals surface area (Å²) in [6.45, 7) is 3.84. The van der Waals surface area contributed by atoms with Crippen LogP contribution in [0.3, 0.4) is 0 Å². The summed E-state index contributed by atoms with van der Waals surface area (Å²) >= 11 is 0. The molecule has 0 aliphatic carbocycles. The summed E-state index contributed by atoms with van der Waals surface area (Å²) in [4.78, 5) is 11.0. The highest BCUT2D eigenvalue weighted by atomic mass is 32.2. The molecule has 0 aliphatic rings. The number of nitrogen functional groups attached to an aromatic ring is 1. The number of nitrogens with two attached hydrogens (primary N) is 1. The lowest BCUT2D eigenvalue weighted by atomic mass is 10.1. The van der Waals surface area contributed by atoms with Crippen molar-refractivity contribution in [2.75, 3.05) is 16.2 Å². The maximum absolute atomic E-state index is 11.8. The first-order valence-electron chi connectivity index (χ1n) is 5.84. The molecule has 0 aliphatic heterocycles. The molecule has 0 aromatic heterocycles. The van der Waals surface area contributed by atoms with Crippen molar-refractivity contribution in [1.82, 2.24) is 0 Å². The number of carboxylic acid groups (broad SMARTS) is 1. The molecule has 0 heterocycles.